The molecule has 1 N–H and O–H groups in total. The molecule has 3 aromatic rings. The number of hydrogen-bond acceptors (Lipinski definition) is 5. The van der Waals surface area contributed by atoms with E-state index in [1.54, 1.807) is 49.0 Å². The normalized spacial score (nSPS) is 10.5. The lowest BCUT2D eigenvalue weighted by molar-refractivity contribution is 0.0950. The van der Waals surface area contributed by atoms with Gasteiger partial charge in [-0.05, 0) is 53.2 Å². The fourth-order valence-electron chi connectivity index (χ4n) is 2.27. The zero-order chi connectivity index (χ0) is 17.8. The van der Waals surface area contributed by atoms with Gasteiger partial charge in [0.1, 0.15) is 10.8 Å². The van der Waals surface area contributed by atoms with Crippen molar-refractivity contribution in [3.8, 4) is 16.3 Å². The number of benzene rings is 1. The fourth-order valence-corrected chi connectivity index (χ4v) is 3.68. The van der Waals surface area contributed by atoms with Crippen LogP contribution in [0, 0.1) is 6.92 Å². The Hall–Kier alpha value is -2.25. The second kappa shape index (κ2) is 7.76. The van der Waals surface area contributed by atoms with Gasteiger partial charge in [-0.3, -0.25) is 9.78 Å². The van der Waals surface area contributed by atoms with Gasteiger partial charge in [-0.1, -0.05) is 0 Å². The van der Waals surface area contributed by atoms with Crippen LogP contribution in [0.3, 0.4) is 0 Å². The summed E-state index contributed by atoms with van der Waals surface area (Å²) in [5.41, 5.74) is 2.42. The van der Waals surface area contributed by atoms with Gasteiger partial charge in [-0.2, -0.15) is 0 Å². The average molecular weight is 418 g/mol. The monoisotopic (exact) mass is 417 g/mol. The molecule has 0 saturated carbocycles. The number of nitrogens with one attached hydrogen (secondary N) is 1. The third kappa shape index (κ3) is 4.05. The smallest absolute Gasteiger partial charge is 0.252 e. The molecule has 0 aliphatic rings. The minimum Gasteiger partial charge on any atom is -0.497 e. The maximum Gasteiger partial charge on any atom is 0.252 e. The standard InChI is InChI=1S/C18H16BrN3O2S/c1-11-16(25-18(22-11)12-4-3-7-20-9-12)10-21-17(23)14-8-13(24-2)5-6-15(14)19/h3-9H,10H2,1-2H3,(H,21,23). The van der Waals surface area contributed by atoms with Crippen LogP contribution < -0.4 is 10.1 Å². The van der Waals surface area contributed by atoms with Crippen LogP contribution in [0.15, 0.2) is 47.2 Å². The number of aryl methyl sites for hydroxylation is 1. The van der Waals surface area contributed by atoms with Gasteiger partial charge in [0, 0.05) is 27.3 Å². The molecule has 3 rings (SSSR count). The second-order valence-electron chi connectivity index (χ2n) is 5.30. The maximum atomic E-state index is 12.5. The molecule has 0 radical (unpaired) electrons. The number of nitrogens with zero attached hydrogens (tertiary/aromatic N) is 2. The summed E-state index contributed by atoms with van der Waals surface area (Å²) in [6.07, 6.45) is 3.52. The highest BCUT2D eigenvalue weighted by molar-refractivity contribution is 9.10. The van der Waals surface area contributed by atoms with Gasteiger partial charge in [-0.15, -0.1) is 11.3 Å². The van der Waals surface area contributed by atoms with E-state index in [2.05, 4.69) is 31.2 Å². The van der Waals surface area contributed by atoms with E-state index in [0.29, 0.717) is 17.9 Å². The molecule has 1 aromatic carbocycles. The first-order valence-corrected chi connectivity index (χ1v) is 9.18. The van der Waals surface area contributed by atoms with Crippen LogP contribution in [0.5, 0.6) is 5.75 Å². The molecule has 0 saturated heterocycles. The van der Waals surface area contributed by atoms with Gasteiger partial charge in [0.2, 0.25) is 0 Å². The molecule has 0 fully saturated rings. The zero-order valence-corrected chi connectivity index (χ0v) is 16.1. The van der Waals surface area contributed by atoms with Gasteiger partial charge in [-0.25, -0.2) is 4.98 Å². The van der Waals surface area contributed by atoms with E-state index in [-0.39, 0.29) is 5.91 Å². The number of amides is 1. The molecule has 0 unspecified atom stereocenters. The lowest BCUT2D eigenvalue weighted by atomic mass is 10.2. The summed E-state index contributed by atoms with van der Waals surface area (Å²) in [5.74, 6) is 0.475. The van der Waals surface area contributed by atoms with Crippen molar-refractivity contribution < 1.29 is 9.53 Å². The van der Waals surface area contributed by atoms with E-state index in [1.165, 1.54) is 0 Å². The summed E-state index contributed by atoms with van der Waals surface area (Å²) in [6.45, 7) is 2.37. The number of halogens is 1. The highest BCUT2D eigenvalue weighted by Crippen LogP contribution is 2.27. The molecule has 5 nitrogen and oxygen atoms in total. The van der Waals surface area contributed by atoms with Crippen LogP contribution in [0.2, 0.25) is 0 Å². The summed E-state index contributed by atoms with van der Waals surface area (Å²) in [5, 5.41) is 3.84. The molecular formula is C18H16BrN3O2S. The number of ether oxygens (including phenoxy) is 1. The van der Waals surface area contributed by atoms with Crippen molar-refractivity contribution in [2.45, 2.75) is 13.5 Å². The molecule has 7 heteroatoms. The number of pyridine rings is 1. The van der Waals surface area contributed by atoms with E-state index in [9.17, 15) is 4.79 Å². The predicted octanol–water partition coefficient (Wildman–Crippen LogP) is 4.21. The fraction of sp³-hybridized carbons (Fsp3) is 0.167. The van der Waals surface area contributed by atoms with Gasteiger partial charge in [0.15, 0.2) is 0 Å². The first-order valence-electron chi connectivity index (χ1n) is 7.57. The Morgan fingerprint density at radius 3 is 2.92 bits per heavy atom. The minimum absolute atomic E-state index is 0.165. The Morgan fingerprint density at radius 2 is 2.20 bits per heavy atom. The second-order valence-corrected chi connectivity index (χ2v) is 7.24. The quantitative estimate of drug-likeness (QED) is 0.674. The topological polar surface area (TPSA) is 64.1 Å². The van der Waals surface area contributed by atoms with Crippen molar-refractivity contribution in [2.75, 3.05) is 7.11 Å². The molecule has 0 bridgehead atoms. The summed E-state index contributed by atoms with van der Waals surface area (Å²) in [6, 6.07) is 9.16. The van der Waals surface area contributed by atoms with Crippen molar-refractivity contribution in [2.24, 2.45) is 0 Å². The Labute approximate surface area is 158 Å². The molecule has 2 aromatic heterocycles. The average Bonchev–Trinajstić information content (AvgIpc) is 3.01. The molecule has 0 atom stereocenters. The number of aromatic nitrogens is 2. The van der Waals surface area contributed by atoms with E-state index >= 15 is 0 Å². The first kappa shape index (κ1) is 17.6. The van der Waals surface area contributed by atoms with E-state index in [0.717, 1.165) is 25.6 Å². The van der Waals surface area contributed by atoms with Gasteiger partial charge >= 0.3 is 0 Å². The number of hydrogen-bond donors (Lipinski definition) is 1. The van der Waals surface area contributed by atoms with Crippen molar-refractivity contribution >= 4 is 33.2 Å². The number of carbonyl (C=O) groups excluding carboxylic acids is 1. The van der Waals surface area contributed by atoms with Crippen molar-refractivity contribution in [1.29, 1.82) is 0 Å². The third-order valence-electron chi connectivity index (χ3n) is 3.63. The van der Waals surface area contributed by atoms with Crippen LogP contribution in [-0.4, -0.2) is 23.0 Å². The summed E-state index contributed by atoms with van der Waals surface area (Å²) < 4.78 is 5.90. The Kier molecular flexibility index (Phi) is 5.45. The Morgan fingerprint density at radius 1 is 1.36 bits per heavy atom. The van der Waals surface area contributed by atoms with Gasteiger partial charge in [0.25, 0.3) is 5.91 Å². The largest absolute Gasteiger partial charge is 0.497 e. The van der Waals surface area contributed by atoms with Crippen molar-refractivity contribution in [1.82, 2.24) is 15.3 Å². The SMILES string of the molecule is COc1ccc(Br)c(C(=O)NCc2sc(-c3cccnc3)nc2C)c1. The molecule has 2 heterocycles. The van der Waals surface area contributed by atoms with Crippen LogP contribution in [0.1, 0.15) is 20.9 Å². The predicted molar refractivity (Wildman–Crippen MR) is 102 cm³/mol. The minimum atomic E-state index is -0.165. The number of thiazole rings is 1. The zero-order valence-electron chi connectivity index (χ0n) is 13.7. The van der Waals surface area contributed by atoms with Crippen LogP contribution in [0.25, 0.3) is 10.6 Å². The summed E-state index contributed by atoms with van der Waals surface area (Å²) in [7, 11) is 1.57. The molecule has 1 amide bonds. The first-order chi connectivity index (χ1) is 12.1. The molecule has 0 spiro atoms. The lowest BCUT2D eigenvalue weighted by Crippen LogP contribution is -2.23. The molecule has 0 aliphatic carbocycles. The van der Waals surface area contributed by atoms with Crippen LogP contribution in [0.4, 0.5) is 0 Å². The summed E-state index contributed by atoms with van der Waals surface area (Å²) in [4.78, 5) is 22.2. The molecule has 128 valence electrons. The highest BCUT2D eigenvalue weighted by atomic mass is 79.9. The Bertz CT molecular complexity index is 897. The van der Waals surface area contributed by atoms with Crippen LogP contribution in [-0.2, 0) is 6.54 Å². The third-order valence-corrected chi connectivity index (χ3v) is 5.53. The lowest BCUT2D eigenvalue weighted by Gasteiger charge is -2.08. The van der Waals surface area contributed by atoms with E-state index in [4.69, 9.17) is 4.74 Å². The molecule has 0 aliphatic heterocycles. The van der Waals surface area contributed by atoms with Crippen molar-refractivity contribution in [3.05, 3.63) is 63.3 Å². The maximum absolute atomic E-state index is 12.5. The van der Waals surface area contributed by atoms with Crippen LogP contribution >= 0.6 is 27.3 Å². The van der Waals surface area contributed by atoms with E-state index < -0.39 is 0 Å². The highest BCUT2D eigenvalue weighted by Gasteiger charge is 2.14. The number of carbonyl (C=O) groups is 1. The van der Waals surface area contributed by atoms with Gasteiger partial charge < -0.3 is 10.1 Å². The Balaban J connectivity index is 1.74. The van der Waals surface area contributed by atoms with Crippen molar-refractivity contribution in [3.63, 3.8) is 0 Å². The van der Waals surface area contributed by atoms with Gasteiger partial charge in [0.05, 0.1) is 24.9 Å². The number of methoxy groups -OCH3 is 1. The molecular weight excluding hydrogens is 402 g/mol. The number of rotatable bonds is 5. The molecule has 25 heavy (non-hydrogen) atoms. The van der Waals surface area contributed by atoms with E-state index in [1.807, 2.05) is 19.1 Å². The summed E-state index contributed by atoms with van der Waals surface area (Å²) >= 11 is 4.96.